The van der Waals surface area contributed by atoms with Gasteiger partial charge in [-0.05, 0) is 31.4 Å². The van der Waals surface area contributed by atoms with Gasteiger partial charge in [-0.15, -0.1) is 0 Å². The molecule has 38 heavy (non-hydrogen) atoms. The molecule has 2 aliphatic rings. The van der Waals surface area contributed by atoms with E-state index in [4.69, 9.17) is 9.15 Å². The summed E-state index contributed by atoms with van der Waals surface area (Å²) in [6.07, 6.45) is 20.3. The van der Waals surface area contributed by atoms with Crippen LogP contribution in [0, 0.1) is 0 Å². The van der Waals surface area contributed by atoms with Gasteiger partial charge in [-0.1, -0.05) is 96.8 Å². The monoisotopic (exact) mass is 532 g/mol. The van der Waals surface area contributed by atoms with Crippen LogP contribution in [0.5, 0.6) is 0 Å². The van der Waals surface area contributed by atoms with Crippen molar-refractivity contribution in [3.8, 4) is 0 Å². The van der Waals surface area contributed by atoms with Crippen LogP contribution in [-0.2, 0) is 9.53 Å². The van der Waals surface area contributed by atoms with E-state index in [0.717, 1.165) is 25.9 Å². The third-order valence-corrected chi connectivity index (χ3v) is 8.32. The molecule has 0 spiro atoms. The Bertz CT molecular complexity index is 796. The Hall–Kier alpha value is -1.86. The van der Waals surface area contributed by atoms with Crippen molar-refractivity contribution in [1.29, 1.82) is 0 Å². The Morgan fingerprint density at radius 3 is 2.13 bits per heavy atom. The van der Waals surface area contributed by atoms with Gasteiger partial charge in [0.05, 0.1) is 0 Å². The van der Waals surface area contributed by atoms with Gasteiger partial charge in [0.1, 0.15) is 11.9 Å². The molecule has 1 atom stereocenters. The van der Waals surface area contributed by atoms with Crippen molar-refractivity contribution >= 4 is 11.9 Å². The van der Waals surface area contributed by atoms with Crippen LogP contribution in [0.2, 0.25) is 0 Å². The fourth-order valence-electron chi connectivity index (χ4n) is 5.86. The lowest BCUT2D eigenvalue weighted by Crippen LogP contribution is -2.53. The number of esters is 1. The molecule has 0 aromatic carbocycles. The zero-order valence-corrected chi connectivity index (χ0v) is 23.8. The molecule has 0 radical (unpaired) electrons. The number of aliphatic hydroxyl groups is 1. The minimum absolute atomic E-state index is 0.0351. The van der Waals surface area contributed by atoms with E-state index < -0.39 is 12.1 Å². The number of carbonyl (C=O) groups excluding carboxylic acids is 2. The van der Waals surface area contributed by atoms with Crippen molar-refractivity contribution < 1.29 is 23.8 Å². The number of hydrogen-bond donors (Lipinski definition) is 1. The second kappa shape index (κ2) is 17.7. The summed E-state index contributed by atoms with van der Waals surface area (Å²) in [6, 6.07) is 3.82. The molecule has 216 valence electrons. The molecule has 1 aromatic heterocycles. The zero-order chi connectivity index (χ0) is 27.0. The number of aliphatic hydroxyl groups excluding tert-OH is 1. The van der Waals surface area contributed by atoms with E-state index in [1.54, 1.807) is 11.0 Å². The van der Waals surface area contributed by atoms with Crippen LogP contribution >= 0.6 is 0 Å². The summed E-state index contributed by atoms with van der Waals surface area (Å²) in [5.74, 6) is -0.403. The summed E-state index contributed by atoms with van der Waals surface area (Å²) in [4.78, 5) is 29.3. The number of furan rings is 1. The van der Waals surface area contributed by atoms with Gasteiger partial charge >= 0.3 is 5.97 Å². The number of unbranched alkanes of at least 4 members (excludes halogenated alkanes) is 10. The molecule has 1 aromatic rings. The largest absolute Gasteiger partial charge is 0.451 e. The predicted molar refractivity (Wildman–Crippen MR) is 150 cm³/mol. The first-order valence-electron chi connectivity index (χ1n) is 15.5. The van der Waals surface area contributed by atoms with Crippen LogP contribution < -0.4 is 0 Å². The molecule has 1 saturated carbocycles. The standard InChI is InChI=1S/C31H52N2O5/c1-2-3-4-5-6-7-8-9-10-11-15-18-27(34)28-19-20-29(38-28)31(36)37-25-30(35)33-23-21-32(22-24-33)26-16-13-12-14-17-26/h19-20,26-27,34H,2-18,21-25H2,1H3. The molecule has 1 aliphatic carbocycles. The topological polar surface area (TPSA) is 83.2 Å². The number of piperazine rings is 1. The van der Waals surface area contributed by atoms with Crippen LogP contribution in [0.4, 0.5) is 0 Å². The molecule has 1 amide bonds. The van der Waals surface area contributed by atoms with E-state index in [1.165, 1.54) is 96.0 Å². The lowest BCUT2D eigenvalue weighted by molar-refractivity contribution is -0.136. The molecule has 1 N–H and O–H groups in total. The van der Waals surface area contributed by atoms with Gasteiger partial charge in [0, 0.05) is 32.2 Å². The van der Waals surface area contributed by atoms with Gasteiger partial charge in [0.25, 0.3) is 5.91 Å². The Balaban J connectivity index is 1.25. The molecular weight excluding hydrogens is 480 g/mol. The third-order valence-electron chi connectivity index (χ3n) is 8.32. The molecule has 0 bridgehead atoms. The quantitative estimate of drug-likeness (QED) is 0.179. The van der Waals surface area contributed by atoms with Crippen molar-refractivity contribution in [3.05, 3.63) is 23.7 Å². The number of rotatable bonds is 17. The van der Waals surface area contributed by atoms with Gasteiger partial charge in [-0.2, -0.15) is 0 Å². The first kappa shape index (κ1) is 30.7. The van der Waals surface area contributed by atoms with Crippen molar-refractivity contribution in [2.24, 2.45) is 0 Å². The zero-order valence-electron chi connectivity index (χ0n) is 23.8. The number of carbonyl (C=O) groups is 2. The molecule has 7 nitrogen and oxygen atoms in total. The van der Waals surface area contributed by atoms with Crippen molar-refractivity contribution in [1.82, 2.24) is 9.80 Å². The second-order valence-corrected chi connectivity index (χ2v) is 11.3. The summed E-state index contributed by atoms with van der Waals surface area (Å²) < 4.78 is 10.8. The molecule has 1 aliphatic heterocycles. The number of ether oxygens (including phenoxy) is 1. The highest BCUT2D eigenvalue weighted by Crippen LogP contribution is 2.24. The maximum atomic E-state index is 12.6. The number of hydrogen-bond acceptors (Lipinski definition) is 6. The molecule has 2 fully saturated rings. The SMILES string of the molecule is CCCCCCCCCCCCCC(O)c1ccc(C(=O)OCC(=O)N2CCN(C3CCCCC3)CC2)o1. The Labute approximate surface area is 230 Å². The van der Waals surface area contributed by atoms with Crippen LogP contribution in [0.25, 0.3) is 0 Å². The minimum atomic E-state index is -0.725. The van der Waals surface area contributed by atoms with Gasteiger partial charge in [0.15, 0.2) is 6.61 Å². The lowest BCUT2D eigenvalue weighted by Gasteiger charge is -2.40. The lowest BCUT2D eigenvalue weighted by atomic mass is 9.94. The Morgan fingerprint density at radius 1 is 0.895 bits per heavy atom. The average Bonchev–Trinajstić information content (AvgIpc) is 3.46. The fourth-order valence-corrected chi connectivity index (χ4v) is 5.86. The van der Waals surface area contributed by atoms with E-state index in [2.05, 4.69) is 11.8 Å². The van der Waals surface area contributed by atoms with Gasteiger partial charge in [0.2, 0.25) is 5.76 Å². The van der Waals surface area contributed by atoms with E-state index in [0.29, 0.717) is 31.3 Å². The highest BCUT2D eigenvalue weighted by atomic mass is 16.5. The van der Waals surface area contributed by atoms with E-state index in [-0.39, 0.29) is 18.3 Å². The summed E-state index contributed by atoms with van der Waals surface area (Å²) in [6.45, 7) is 5.12. The highest BCUT2D eigenvalue weighted by Gasteiger charge is 2.27. The molecule has 1 saturated heterocycles. The van der Waals surface area contributed by atoms with Crippen LogP contribution in [0.3, 0.4) is 0 Å². The highest BCUT2D eigenvalue weighted by molar-refractivity contribution is 5.88. The maximum absolute atomic E-state index is 12.6. The average molecular weight is 533 g/mol. The summed E-state index contributed by atoms with van der Waals surface area (Å²) in [5, 5.41) is 10.5. The fraction of sp³-hybridized carbons (Fsp3) is 0.806. The Kier molecular flexibility index (Phi) is 14.3. The summed E-state index contributed by atoms with van der Waals surface area (Å²) in [7, 11) is 0. The smallest absolute Gasteiger partial charge is 0.374 e. The number of nitrogens with zero attached hydrogens (tertiary/aromatic N) is 2. The van der Waals surface area contributed by atoms with Crippen LogP contribution in [0.15, 0.2) is 16.5 Å². The molecule has 3 rings (SSSR count). The Morgan fingerprint density at radius 2 is 1.50 bits per heavy atom. The van der Waals surface area contributed by atoms with Crippen molar-refractivity contribution in [3.63, 3.8) is 0 Å². The minimum Gasteiger partial charge on any atom is -0.451 e. The van der Waals surface area contributed by atoms with Gasteiger partial charge in [-0.25, -0.2) is 4.79 Å². The predicted octanol–water partition coefficient (Wildman–Crippen LogP) is 6.65. The molecule has 2 heterocycles. The van der Waals surface area contributed by atoms with E-state index in [1.807, 2.05) is 0 Å². The molecule has 1 unspecified atom stereocenters. The first-order valence-corrected chi connectivity index (χ1v) is 15.5. The van der Waals surface area contributed by atoms with Crippen LogP contribution in [0.1, 0.15) is 138 Å². The van der Waals surface area contributed by atoms with Gasteiger partial charge < -0.3 is 19.2 Å². The summed E-state index contributed by atoms with van der Waals surface area (Å²) in [5.41, 5.74) is 0. The second-order valence-electron chi connectivity index (χ2n) is 11.3. The van der Waals surface area contributed by atoms with E-state index >= 15 is 0 Å². The molecule has 7 heteroatoms. The van der Waals surface area contributed by atoms with Crippen molar-refractivity contribution in [2.45, 2.75) is 128 Å². The van der Waals surface area contributed by atoms with Gasteiger partial charge in [-0.3, -0.25) is 9.69 Å². The maximum Gasteiger partial charge on any atom is 0.374 e. The van der Waals surface area contributed by atoms with Crippen LogP contribution in [-0.4, -0.2) is 65.6 Å². The van der Waals surface area contributed by atoms with E-state index in [9.17, 15) is 14.7 Å². The summed E-state index contributed by atoms with van der Waals surface area (Å²) >= 11 is 0. The third kappa shape index (κ3) is 10.7. The molecular formula is C31H52N2O5. The number of amides is 1. The first-order chi connectivity index (χ1) is 18.6. The van der Waals surface area contributed by atoms with Crippen molar-refractivity contribution in [2.75, 3.05) is 32.8 Å². The normalized spacial score (nSPS) is 18.0.